The number of nitrogens with one attached hydrogen (secondary N) is 1. The van der Waals surface area contributed by atoms with Crippen LogP contribution in [0.5, 0.6) is 5.75 Å². The smallest absolute Gasteiger partial charge is 0.406 e. The van der Waals surface area contributed by atoms with E-state index in [9.17, 15) is 13.2 Å². The molecular weight excluding hydrogens is 243 g/mol. The molecule has 1 fully saturated rings. The molecule has 0 aromatic heterocycles. The quantitative estimate of drug-likeness (QED) is 0.880. The zero-order valence-corrected chi connectivity index (χ0v) is 10.1. The number of hydrogen-bond donors (Lipinski definition) is 1. The first-order chi connectivity index (χ1) is 8.46. The molecule has 0 saturated carbocycles. The average molecular weight is 259 g/mol. The van der Waals surface area contributed by atoms with Crippen LogP contribution in [0.1, 0.15) is 24.8 Å². The average Bonchev–Trinajstić information content (AvgIpc) is 2.27. The summed E-state index contributed by atoms with van der Waals surface area (Å²) < 4.78 is 40.4. The van der Waals surface area contributed by atoms with Gasteiger partial charge in [0.15, 0.2) is 0 Å². The van der Waals surface area contributed by atoms with Crippen molar-refractivity contribution < 1.29 is 17.9 Å². The Kier molecular flexibility index (Phi) is 3.80. The Morgan fingerprint density at radius 1 is 1.33 bits per heavy atom. The lowest BCUT2D eigenvalue weighted by molar-refractivity contribution is -0.274. The SMILES string of the molecule is CC1CNCCC1c1cccc(OC(F)(F)F)c1. The van der Waals surface area contributed by atoms with Crippen LogP contribution in [-0.4, -0.2) is 19.5 Å². The van der Waals surface area contributed by atoms with E-state index in [2.05, 4.69) is 17.0 Å². The van der Waals surface area contributed by atoms with Gasteiger partial charge in [0.05, 0.1) is 0 Å². The zero-order chi connectivity index (χ0) is 13.2. The molecule has 0 bridgehead atoms. The predicted octanol–water partition coefficient (Wildman–Crippen LogP) is 3.30. The van der Waals surface area contributed by atoms with Gasteiger partial charge in [-0.2, -0.15) is 0 Å². The van der Waals surface area contributed by atoms with E-state index in [0.29, 0.717) is 11.8 Å². The zero-order valence-electron chi connectivity index (χ0n) is 10.1. The van der Waals surface area contributed by atoms with Gasteiger partial charge in [-0.05, 0) is 49.0 Å². The monoisotopic (exact) mass is 259 g/mol. The number of hydrogen-bond acceptors (Lipinski definition) is 2. The standard InChI is InChI=1S/C13H16F3NO/c1-9-8-17-6-5-12(9)10-3-2-4-11(7-10)18-13(14,15)16/h2-4,7,9,12,17H,5-6,8H2,1H3. The van der Waals surface area contributed by atoms with Gasteiger partial charge in [0.1, 0.15) is 5.75 Å². The van der Waals surface area contributed by atoms with E-state index in [0.717, 1.165) is 25.1 Å². The molecule has 100 valence electrons. The molecular formula is C13H16F3NO. The van der Waals surface area contributed by atoms with Crippen molar-refractivity contribution in [1.82, 2.24) is 5.32 Å². The molecule has 2 unspecified atom stereocenters. The maximum absolute atomic E-state index is 12.2. The van der Waals surface area contributed by atoms with Crippen LogP contribution < -0.4 is 10.1 Å². The second-order valence-electron chi connectivity index (χ2n) is 4.70. The molecule has 5 heteroatoms. The van der Waals surface area contributed by atoms with Crippen LogP contribution in [0.2, 0.25) is 0 Å². The maximum Gasteiger partial charge on any atom is 0.573 e. The largest absolute Gasteiger partial charge is 0.573 e. The Bertz CT molecular complexity index is 405. The molecule has 1 aliphatic heterocycles. The molecule has 1 aromatic carbocycles. The maximum atomic E-state index is 12.2. The summed E-state index contributed by atoms with van der Waals surface area (Å²) in [6, 6.07) is 6.32. The van der Waals surface area contributed by atoms with Crippen molar-refractivity contribution in [1.29, 1.82) is 0 Å². The van der Waals surface area contributed by atoms with Gasteiger partial charge in [0, 0.05) is 0 Å². The van der Waals surface area contributed by atoms with Gasteiger partial charge >= 0.3 is 6.36 Å². The second kappa shape index (κ2) is 5.18. The third-order valence-electron chi connectivity index (χ3n) is 3.31. The molecule has 0 amide bonds. The van der Waals surface area contributed by atoms with Gasteiger partial charge in [0.2, 0.25) is 0 Å². The Morgan fingerprint density at radius 3 is 2.78 bits per heavy atom. The number of halogens is 3. The topological polar surface area (TPSA) is 21.3 Å². The summed E-state index contributed by atoms with van der Waals surface area (Å²) in [5.41, 5.74) is 0.922. The normalized spacial score (nSPS) is 24.9. The Balaban J connectivity index is 2.16. The van der Waals surface area contributed by atoms with Gasteiger partial charge in [-0.1, -0.05) is 19.1 Å². The molecule has 1 aromatic rings. The van der Waals surface area contributed by atoms with Crippen molar-refractivity contribution in [3.8, 4) is 5.75 Å². The predicted molar refractivity (Wildman–Crippen MR) is 62.5 cm³/mol. The summed E-state index contributed by atoms with van der Waals surface area (Å²) in [4.78, 5) is 0. The van der Waals surface area contributed by atoms with Gasteiger partial charge in [-0.15, -0.1) is 13.2 Å². The van der Waals surface area contributed by atoms with Gasteiger partial charge in [0.25, 0.3) is 0 Å². The summed E-state index contributed by atoms with van der Waals surface area (Å²) in [5.74, 6) is 0.577. The molecule has 2 atom stereocenters. The van der Waals surface area contributed by atoms with Gasteiger partial charge in [-0.3, -0.25) is 0 Å². The molecule has 1 N–H and O–H groups in total. The minimum absolute atomic E-state index is 0.134. The summed E-state index contributed by atoms with van der Waals surface area (Å²) in [7, 11) is 0. The lowest BCUT2D eigenvalue weighted by atomic mass is 9.82. The van der Waals surface area contributed by atoms with Crippen LogP contribution in [-0.2, 0) is 0 Å². The number of benzene rings is 1. The minimum atomic E-state index is -4.63. The van der Waals surface area contributed by atoms with Crippen LogP contribution in [0.15, 0.2) is 24.3 Å². The second-order valence-corrected chi connectivity index (χ2v) is 4.70. The molecule has 0 spiro atoms. The summed E-state index contributed by atoms with van der Waals surface area (Å²) in [6.45, 7) is 3.91. The van der Waals surface area contributed by atoms with E-state index >= 15 is 0 Å². The molecule has 1 heterocycles. The highest BCUT2D eigenvalue weighted by Gasteiger charge is 2.31. The molecule has 1 aliphatic rings. The lowest BCUT2D eigenvalue weighted by Crippen LogP contribution is -2.33. The third kappa shape index (κ3) is 3.38. The molecule has 0 radical (unpaired) electrons. The molecule has 2 rings (SSSR count). The fraction of sp³-hybridized carbons (Fsp3) is 0.538. The van der Waals surface area contributed by atoms with Crippen LogP contribution in [0.3, 0.4) is 0 Å². The van der Waals surface area contributed by atoms with Crippen molar-refractivity contribution in [2.45, 2.75) is 25.6 Å². The number of piperidine rings is 1. The van der Waals surface area contributed by atoms with E-state index in [1.807, 2.05) is 6.07 Å². The van der Waals surface area contributed by atoms with E-state index in [-0.39, 0.29) is 5.75 Å². The summed E-state index contributed by atoms with van der Waals surface area (Å²) >= 11 is 0. The first-order valence-corrected chi connectivity index (χ1v) is 6.02. The van der Waals surface area contributed by atoms with Crippen LogP contribution in [0.4, 0.5) is 13.2 Å². The first-order valence-electron chi connectivity index (χ1n) is 6.02. The molecule has 0 aliphatic carbocycles. The Morgan fingerprint density at radius 2 is 2.11 bits per heavy atom. The van der Waals surface area contributed by atoms with E-state index in [4.69, 9.17) is 0 Å². The lowest BCUT2D eigenvalue weighted by Gasteiger charge is -2.30. The van der Waals surface area contributed by atoms with Crippen LogP contribution in [0.25, 0.3) is 0 Å². The Hall–Kier alpha value is -1.23. The highest BCUT2D eigenvalue weighted by molar-refractivity contribution is 5.31. The summed E-state index contributed by atoms with van der Waals surface area (Å²) in [6.07, 6.45) is -3.69. The van der Waals surface area contributed by atoms with E-state index in [1.165, 1.54) is 12.1 Å². The fourth-order valence-corrected chi connectivity index (χ4v) is 2.45. The van der Waals surface area contributed by atoms with Crippen LogP contribution >= 0.6 is 0 Å². The first kappa shape index (κ1) is 13.2. The fourth-order valence-electron chi connectivity index (χ4n) is 2.45. The van der Waals surface area contributed by atoms with E-state index in [1.54, 1.807) is 6.07 Å². The van der Waals surface area contributed by atoms with Crippen molar-refractivity contribution in [3.05, 3.63) is 29.8 Å². The number of rotatable bonds is 2. The number of ether oxygens (including phenoxy) is 1. The van der Waals surface area contributed by atoms with E-state index < -0.39 is 6.36 Å². The van der Waals surface area contributed by atoms with Crippen molar-refractivity contribution in [2.75, 3.05) is 13.1 Å². The Labute approximate surface area is 104 Å². The molecule has 1 saturated heterocycles. The third-order valence-corrected chi connectivity index (χ3v) is 3.31. The highest BCUT2D eigenvalue weighted by atomic mass is 19.4. The van der Waals surface area contributed by atoms with Crippen LogP contribution in [0, 0.1) is 5.92 Å². The number of alkyl halides is 3. The van der Waals surface area contributed by atoms with Gasteiger partial charge < -0.3 is 10.1 Å². The summed E-state index contributed by atoms with van der Waals surface area (Å²) in [5, 5.41) is 3.28. The minimum Gasteiger partial charge on any atom is -0.406 e. The highest BCUT2D eigenvalue weighted by Crippen LogP contribution is 2.33. The van der Waals surface area contributed by atoms with Gasteiger partial charge in [-0.25, -0.2) is 0 Å². The molecule has 2 nitrogen and oxygen atoms in total. The van der Waals surface area contributed by atoms with Crippen molar-refractivity contribution in [3.63, 3.8) is 0 Å². The van der Waals surface area contributed by atoms with Crippen molar-refractivity contribution >= 4 is 0 Å². The van der Waals surface area contributed by atoms with Crippen molar-refractivity contribution in [2.24, 2.45) is 5.92 Å². The molecule has 18 heavy (non-hydrogen) atoms.